The van der Waals surface area contributed by atoms with Gasteiger partial charge in [0, 0.05) is 11.5 Å². The van der Waals surface area contributed by atoms with Crippen molar-refractivity contribution in [1.82, 2.24) is 0 Å². The molecule has 0 aromatic heterocycles. The lowest BCUT2D eigenvalue weighted by molar-refractivity contribution is -0.220. The molecule has 0 saturated carbocycles. The van der Waals surface area contributed by atoms with Crippen molar-refractivity contribution < 1.29 is 27.4 Å². The first-order valence-electron chi connectivity index (χ1n) is 3.45. The SMILES string of the molecule is O=[Si]([O-])Oc1cccc(O[Si](=O)[O-])c1. The molecule has 1 aromatic carbocycles. The third-order valence-electron chi connectivity index (χ3n) is 1.21. The van der Waals surface area contributed by atoms with Crippen LogP contribution in [0.15, 0.2) is 24.3 Å². The second-order valence-electron chi connectivity index (χ2n) is 2.18. The van der Waals surface area contributed by atoms with Crippen LogP contribution in [0.3, 0.4) is 0 Å². The summed E-state index contributed by atoms with van der Waals surface area (Å²) < 4.78 is 29.1. The average molecular weight is 228 g/mol. The maximum absolute atomic E-state index is 10.2. The fraction of sp³-hybridized carbons (Fsp3) is 0. The Morgan fingerprint density at radius 1 is 1.00 bits per heavy atom. The van der Waals surface area contributed by atoms with E-state index in [2.05, 4.69) is 8.85 Å². The molecule has 0 bridgehead atoms. The maximum Gasteiger partial charge on any atom is 0.418 e. The lowest BCUT2D eigenvalue weighted by Gasteiger charge is -2.12. The van der Waals surface area contributed by atoms with Gasteiger partial charge in [0.25, 0.3) is 0 Å². The van der Waals surface area contributed by atoms with Gasteiger partial charge in [0.05, 0.1) is 0 Å². The van der Waals surface area contributed by atoms with Gasteiger partial charge < -0.3 is 27.4 Å². The molecule has 14 heavy (non-hydrogen) atoms. The molecule has 0 saturated heterocycles. The highest BCUT2D eigenvalue weighted by Crippen LogP contribution is 2.18. The van der Waals surface area contributed by atoms with Crippen LogP contribution in [-0.4, -0.2) is 18.3 Å². The Morgan fingerprint density at radius 2 is 1.43 bits per heavy atom. The van der Waals surface area contributed by atoms with Crippen molar-refractivity contribution in [3.8, 4) is 11.5 Å². The molecule has 0 radical (unpaired) electrons. The molecular weight excluding hydrogens is 224 g/mol. The highest BCUT2D eigenvalue weighted by molar-refractivity contribution is 6.23. The van der Waals surface area contributed by atoms with Gasteiger partial charge in [-0.2, -0.15) is 0 Å². The molecule has 8 heteroatoms. The summed E-state index contributed by atoms with van der Waals surface area (Å²) in [7, 11) is -6.67. The molecule has 0 N–H and O–H groups in total. The van der Waals surface area contributed by atoms with E-state index in [1.165, 1.54) is 24.3 Å². The molecule has 0 fully saturated rings. The Labute approximate surface area is 82.1 Å². The fourth-order valence-electron chi connectivity index (χ4n) is 0.794. The highest BCUT2D eigenvalue weighted by atomic mass is 28.3. The van der Waals surface area contributed by atoms with Crippen molar-refractivity contribution in [2.45, 2.75) is 0 Å². The van der Waals surface area contributed by atoms with Gasteiger partial charge in [0.1, 0.15) is 0 Å². The van der Waals surface area contributed by atoms with E-state index in [4.69, 9.17) is 0 Å². The minimum Gasteiger partial charge on any atom is -0.554 e. The van der Waals surface area contributed by atoms with Gasteiger partial charge in [-0.05, 0) is 18.2 Å². The van der Waals surface area contributed by atoms with Crippen LogP contribution in [0.4, 0.5) is 0 Å². The van der Waals surface area contributed by atoms with Crippen molar-refractivity contribution in [1.29, 1.82) is 0 Å². The van der Waals surface area contributed by atoms with E-state index >= 15 is 0 Å². The van der Waals surface area contributed by atoms with Crippen LogP contribution in [0.5, 0.6) is 11.5 Å². The van der Waals surface area contributed by atoms with E-state index in [-0.39, 0.29) is 11.5 Å². The summed E-state index contributed by atoms with van der Waals surface area (Å²) in [4.78, 5) is 20.4. The van der Waals surface area contributed by atoms with Crippen LogP contribution in [0, 0.1) is 0 Å². The van der Waals surface area contributed by atoms with Crippen LogP contribution in [0.25, 0.3) is 0 Å². The lowest BCUT2D eigenvalue weighted by atomic mass is 10.3. The summed E-state index contributed by atoms with van der Waals surface area (Å²) in [6, 6.07) is 5.33. The fourth-order valence-corrected chi connectivity index (χ4v) is 1.43. The van der Waals surface area contributed by atoms with Crippen molar-refractivity contribution in [2.24, 2.45) is 0 Å². The van der Waals surface area contributed by atoms with Crippen LogP contribution in [-0.2, 0) is 8.92 Å². The summed E-state index contributed by atoms with van der Waals surface area (Å²) in [6.45, 7) is 0. The second-order valence-corrected chi connectivity index (χ2v) is 3.59. The van der Waals surface area contributed by atoms with Crippen LogP contribution in [0.1, 0.15) is 0 Å². The van der Waals surface area contributed by atoms with Crippen LogP contribution < -0.4 is 18.4 Å². The van der Waals surface area contributed by atoms with Gasteiger partial charge in [-0.3, -0.25) is 0 Å². The third kappa shape index (κ3) is 3.45. The summed E-state index contributed by atoms with van der Waals surface area (Å²) in [5, 5.41) is 0. The normalized spacial score (nSPS) is 9.14. The molecule has 74 valence electrons. The topological polar surface area (TPSA) is 98.7 Å². The van der Waals surface area contributed by atoms with Crippen molar-refractivity contribution in [3.05, 3.63) is 24.3 Å². The monoisotopic (exact) mass is 228 g/mol. The van der Waals surface area contributed by atoms with E-state index < -0.39 is 18.3 Å². The first kappa shape index (κ1) is 10.5. The quantitative estimate of drug-likeness (QED) is 0.552. The predicted molar refractivity (Wildman–Crippen MR) is 40.6 cm³/mol. The Morgan fingerprint density at radius 3 is 1.79 bits per heavy atom. The van der Waals surface area contributed by atoms with Crippen LogP contribution >= 0.6 is 0 Å². The maximum atomic E-state index is 10.2. The zero-order chi connectivity index (χ0) is 10.6. The minimum atomic E-state index is -3.33. The van der Waals surface area contributed by atoms with Gasteiger partial charge in [0.15, 0.2) is 0 Å². The molecule has 6 nitrogen and oxygen atoms in total. The second kappa shape index (κ2) is 4.62. The summed E-state index contributed by atoms with van der Waals surface area (Å²) in [5.41, 5.74) is 0. The predicted octanol–water partition coefficient (Wildman–Crippen LogP) is -2.00. The molecule has 0 aliphatic heterocycles. The molecular formula is C6H4O6Si2-2. The van der Waals surface area contributed by atoms with Gasteiger partial charge in [-0.25, -0.2) is 0 Å². The van der Waals surface area contributed by atoms with E-state index in [0.29, 0.717) is 0 Å². The Hall–Kier alpha value is -1.55. The smallest absolute Gasteiger partial charge is 0.418 e. The Kier molecular flexibility index (Phi) is 3.48. The minimum absolute atomic E-state index is 0.0182. The largest absolute Gasteiger partial charge is 0.554 e. The van der Waals surface area contributed by atoms with E-state index in [0.717, 1.165) is 0 Å². The average Bonchev–Trinajstić information content (AvgIpc) is 2.01. The van der Waals surface area contributed by atoms with Gasteiger partial charge >= 0.3 is 18.3 Å². The highest BCUT2D eigenvalue weighted by Gasteiger charge is 1.95. The molecule has 0 unspecified atom stereocenters. The Bertz CT molecular complexity index is 334. The molecule has 0 atom stereocenters. The van der Waals surface area contributed by atoms with Crippen molar-refractivity contribution in [2.75, 3.05) is 0 Å². The first-order valence-corrected chi connectivity index (χ1v) is 5.90. The third-order valence-corrected chi connectivity index (χ3v) is 2.01. The standard InChI is InChI=1S/C6H4O6Si2/c7-13(8)11-5-2-1-3-6(4-5)12-14(9)10/h1-4H/q-2. The number of hydrogen-bond acceptors (Lipinski definition) is 6. The summed E-state index contributed by atoms with van der Waals surface area (Å²) in [5.74, 6) is 0.0364. The number of hydrogen-bond donors (Lipinski definition) is 0. The molecule has 1 aromatic rings. The van der Waals surface area contributed by atoms with Crippen molar-refractivity contribution in [3.63, 3.8) is 0 Å². The zero-order valence-electron chi connectivity index (χ0n) is 6.76. The van der Waals surface area contributed by atoms with E-state index in [1.807, 2.05) is 0 Å². The van der Waals surface area contributed by atoms with Gasteiger partial charge in [0.2, 0.25) is 0 Å². The van der Waals surface area contributed by atoms with Crippen molar-refractivity contribution >= 4 is 18.3 Å². The molecule has 0 aliphatic rings. The summed E-state index contributed by atoms with van der Waals surface area (Å²) >= 11 is 0. The molecule has 0 amide bonds. The number of rotatable bonds is 4. The zero-order valence-corrected chi connectivity index (χ0v) is 8.76. The van der Waals surface area contributed by atoms with Gasteiger partial charge in [-0.1, -0.05) is 6.07 Å². The van der Waals surface area contributed by atoms with E-state index in [9.17, 15) is 18.5 Å². The molecule has 0 aliphatic carbocycles. The van der Waals surface area contributed by atoms with Gasteiger partial charge in [-0.15, -0.1) is 0 Å². The van der Waals surface area contributed by atoms with Crippen LogP contribution in [0.2, 0.25) is 0 Å². The number of benzene rings is 1. The molecule has 0 heterocycles. The first-order chi connectivity index (χ1) is 6.58. The summed E-state index contributed by atoms with van der Waals surface area (Å²) in [6.07, 6.45) is 0. The Balaban J connectivity index is 2.78. The van der Waals surface area contributed by atoms with E-state index in [1.54, 1.807) is 0 Å². The molecule has 0 spiro atoms. The molecule has 1 rings (SSSR count). The lowest BCUT2D eigenvalue weighted by Crippen LogP contribution is -2.28.